The number of carbonyl (C=O) groups is 1. The fourth-order valence-electron chi connectivity index (χ4n) is 3.64. The molecular weight excluding hydrogens is 432 g/mol. The number of pyridine rings is 1. The van der Waals surface area contributed by atoms with Crippen LogP contribution < -0.4 is 10.7 Å². The van der Waals surface area contributed by atoms with Gasteiger partial charge in [-0.15, -0.1) is 0 Å². The molecule has 0 saturated heterocycles. The summed E-state index contributed by atoms with van der Waals surface area (Å²) in [6.07, 6.45) is 2.19. The zero-order valence-electron chi connectivity index (χ0n) is 18.0. The number of hydrogen-bond donors (Lipinski definition) is 1. The number of halogens is 1. The molecule has 0 aliphatic rings. The number of carbonyl (C=O) groups excluding carboxylic acids is 1. The van der Waals surface area contributed by atoms with Crippen LogP contribution in [-0.4, -0.2) is 23.7 Å². The van der Waals surface area contributed by atoms with Gasteiger partial charge in [-0.05, 0) is 60.2 Å². The van der Waals surface area contributed by atoms with E-state index < -0.39 is 0 Å². The van der Waals surface area contributed by atoms with Gasteiger partial charge in [-0.1, -0.05) is 39.0 Å². The number of aryl methyl sites for hydroxylation is 2. The Morgan fingerprint density at radius 3 is 2.24 bits per heavy atom. The van der Waals surface area contributed by atoms with Crippen molar-refractivity contribution in [3.63, 3.8) is 0 Å². The highest BCUT2D eigenvalue weighted by Gasteiger charge is 2.23. The number of anilines is 1. The Balaban J connectivity index is 2.57. The molecule has 5 nitrogen and oxygen atoms in total. The first-order valence-electron chi connectivity index (χ1n) is 10.3. The van der Waals surface area contributed by atoms with Crippen LogP contribution in [-0.2, 0) is 30.5 Å². The molecule has 0 spiro atoms. The Bertz CT molecular complexity index is 912. The van der Waals surface area contributed by atoms with Crippen LogP contribution in [0.15, 0.2) is 27.5 Å². The molecule has 0 saturated carbocycles. The van der Waals surface area contributed by atoms with E-state index in [9.17, 15) is 9.59 Å². The predicted molar refractivity (Wildman–Crippen MR) is 122 cm³/mol. The van der Waals surface area contributed by atoms with E-state index >= 15 is 0 Å². The van der Waals surface area contributed by atoms with Crippen LogP contribution in [0.4, 0.5) is 5.69 Å². The van der Waals surface area contributed by atoms with Crippen LogP contribution in [0.1, 0.15) is 60.6 Å². The standard InChI is InChI=1S/C23H31BrN2O3/c1-6-16-11-10-12-17(7-2)21(16)25-23(28)19-18(8-3)26(13-14-29-9-4)15(5)20(24)22(19)27/h10-12H,6-9,13-14H2,1-5H3,(H,25,28). The predicted octanol–water partition coefficient (Wildman–Crippen LogP) is 4.90. The van der Waals surface area contributed by atoms with Gasteiger partial charge in [0.05, 0.1) is 11.1 Å². The first-order valence-corrected chi connectivity index (χ1v) is 11.1. The van der Waals surface area contributed by atoms with Gasteiger partial charge in [0.25, 0.3) is 5.91 Å². The Morgan fingerprint density at radius 1 is 1.10 bits per heavy atom. The highest BCUT2D eigenvalue weighted by atomic mass is 79.9. The lowest BCUT2D eigenvalue weighted by atomic mass is 10.0. The lowest BCUT2D eigenvalue weighted by Crippen LogP contribution is -2.30. The molecule has 158 valence electrons. The SMILES string of the molecule is CCOCCn1c(C)c(Br)c(=O)c(C(=O)Nc2c(CC)cccc2CC)c1CC. The van der Waals surface area contributed by atoms with E-state index in [0.717, 1.165) is 41.0 Å². The molecule has 0 bridgehead atoms. The van der Waals surface area contributed by atoms with Crippen molar-refractivity contribution in [2.75, 3.05) is 18.5 Å². The minimum atomic E-state index is -0.353. The number of para-hydroxylation sites is 1. The molecule has 6 heteroatoms. The van der Waals surface area contributed by atoms with Crippen molar-refractivity contribution in [2.45, 2.75) is 60.4 Å². The largest absolute Gasteiger partial charge is 0.380 e. The summed E-state index contributed by atoms with van der Waals surface area (Å²) < 4.78 is 7.95. The Kier molecular flexibility index (Phi) is 8.65. The zero-order chi connectivity index (χ0) is 21.6. The summed E-state index contributed by atoms with van der Waals surface area (Å²) in [4.78, 5) is 26.4. The summed E-state index contributed by atoms with van der Waals surface area (Å²) in [6, 6.07) is 6.04. The van der Waals surface area contributed by atoms with Crippen LogP contribution in [0.2, 0.25) is 0 Å². The minimum absolute atomic E-state index is 0.203. The van der Waals surface area contributed by atoms with Crippen molar-refractivity contribution >= 4 is 27.5 Å². The van der Waals surface area contributed by atoms with Gasteiger partial charge in [0.1, 0.15) is 5.56 Å². The number of benzene rings is 1. The summed E-state index contributed by atoms with van der Waals surface area (Å²) in [5.74, 6) is -0.353. The van der Waals surface area contributed by atoms with Gasteiger partial charge >= 0.3 is 0 Å². The zero-order valence-corrected chi connectivity index (χ0v) is 19.6. The molecule has 1 aromatic heterocycles. The molecule has 0 atom stereocenters. The molecule has 0 fully saturated rings. The molecule has 0 unspecified atom stereocenters. The molecule has 1 amide bonds. The van der Waals surface area contributed by atoms with E-state index in [0.29, 0.717) is 30.7 Å². The van der Waals surface area contributed by atoms with Gasteiger partial charge in [0.15, 0.2) is 0 Å². The van der Waals surface area contributed by atoms with Gasteiger partial charge in [-0.3, -0.25) is 9.59 Å². The molecule has 1 N–H and O–H groups in total. The van der Waals surface area contributed by atoms with E-state index in [2.05, 4.69) is 35.1 Å². The Hall–Kier alpha value is -1.92. The maximum absolute atomic E-state index is 13.3. The second kappa shape index (κ2) is 10.7. The van der Waals surface area contributed by atoms with E-state index in [1.54, 1.807) is 0 Å². The number of hydrogen-bond acceptors (Lipinski definition) is 3. The summed E-state index contributed by atoms with van der Waals surface area (Å²) >= 11 is 3.41. The number of amides is 1. The molecule has 2 rings (SSSR count). The van der Waals surface area contributed by atoms with Crippen molar-refractivity contribution in [1.29, 1.82) is 0 Å². The maximum Gasteiger partial charge on any atom is 0.261 e. The van der Waals surface area contributed by atoms with Crippen LogP contribution in [0.25, 0.3) is 0 Å². The van der Waals surface area contributed by atoms with Gasteiger partial charge in [0.2, 0.25) is 5.43 Å². The molecule has 0 aliphatic heterocycles. The highest BCUT2D eigenvalue weighted by molar-refractivity contribution is 9.10. The third kappa shape index (κ3) is 4.98. The van der Waals surface area contributed by atoms with Crippen LogP contribution >= 0.6 is 15.9 Å². The third-order valence-electron chi connectivity index (χ3n) is 5.23. The van der Waals surface area contributed by atoms with E-state index in [1.807, 2.05) is 43.5 Å². The van der Waals surface area contributed by atoms with Gasteiger partial charge in [-0.2, -0.15) is 0 Å². The first-order chi connectivity index (χ1) is 13.9. The maximum atomic E-state index is 13.3. The monoisotopic (exact) mass is 462 g/mol. The number of nitrogens with zero attached hydrogens (tertiary/aromatic N) is 1. The lowest BCUT2D eigenvalue weighted by molar-refractivity contribution is 0.102. The molecule has 1 aromatic carbocycles. The van der Waals surface area contributed by atoms with E-state index in [-0.39, 0.29) is 16.9 Å². The lowest BCUT2D eigenvalue weighted by Gasteiger charge is -2.21. The number of rotatable bonds is 9. The third-order valence-corrected chi connectivity index (χ3v) is 6.16. The van der Waals surface area contributed by atoms with Crippen molar-refractivity contribution in [3.05, 3.63) is 61.0 Å². The highest BCUT2D eigenvalue weighted by Crippen LogP contribution is 2.24. The Morgan fingerprint density at radius 2 is 1.72 bits per heavy atom. The van der Waals surface area contributed by atoms with Gasteiger partial charge < -0.3 is 14.6 Å². The van der Waals surface area contributed by atoms with Crippen LogP contribution in [0.5, 0.6) is 0 Å². The number of aromatic nitrogens is 1. The molecule has 1 heterocycles. The minimum Gasteiger partial charge on any atom is -0.380 e. The van der Waals surface area contributed by atoms with E-state index in [1.165, 1.54) is 0 Å². The number of ether oxygens (including phenoxy) is 1. The molecule has 2 aromatic rings. The second-order valence-electron chi connectivity index (χ2n) is 6.86. The molecule has 29 heavy (non-hydrogen) atoms. The molecule has 0 radical (unpaired) electrons. The Labute approximate surface area is 181 Å². The van der Waals surface area contributed by atoms with E-state index in [4.69, 9.17) is 4.74 Å². The van der Waals surface area contributed by atoms with Crippen molar-refractivity contribution in [3.8, 4) is 0 Å². The molecule has 0 aliphatic carbocycles. The fourth-order valence-corrected chi connectivity index (χ4v) is 4.06. The van der Waals surface area contributed by atoms with Crippen LogP contribution in [0.3, 0.4) is 0 Å². The summed E-state index contributed by atoms with van der Waals surface area (Å²) in [6.45, 7) is 11.7. The molecular formula is C23H31BrN2O3. The smallest absolute Gasteiger partial charge is 0.261 e. The number of nitrogens with one attached hydrogen (secondary N) is 1. The topological polar surface area (TPSA) is 60.3 Å². The quantitative estimate of drug-likeness (QED) is 0.539. The summed E-state index contributed by atoms with van der Waals surface area (Å²) in [7, 11) is 0. The van der Waals surface area contributed by atoms with Gasteiger partial charge in [0, 0.05) is 30.2 Å². The van der Waals surface area contributed by atoms with Gasteiger partial charge in [-0.25, -0.2) is 0 Å². The fraction of sp³-hybridized carbons (Fsp3) is 0.478. The van der Waals surface area contributed by atoms with Crippen LogP contribution in [0, 0.1) is 6.92 Å². The average Bonchev–Trinajstić information content (AvgIpc) is 2.73. The second-order valence-corrected chi connectivity index (χ2v) is 7.66. The van der Waals surface area contributed by atoms with Crippen molar-refractivity contribution in [1.82, 2.24) is 4.57 Å². The summed E-state index contributed by atoms with van der Waals surface area (Å²) in [5.41, 5.74) is 4.44. The normalized spacial score (nSPS) is 11.0. The average molecular weight is 463 g/mol. The summed E-state index contributed by atoms with van der Waals surface area (Å²) in [5, 5.41) is 3.05. The first kappa shape index (κ1) is 23.4. The van der Waals surface area contributed by atoms with Crippen molar-refractivity contribution in [2.24, 2.45) is 0 Å². The van der Waals surface area contributed by atoms with Crippen molar-refractivity contribution < 1.29 is 9.53 Å².